The van der Waals surface area contributed by atoms with Crippen LogP contribution in [0.5, 0.6) is 0 Å². The van der Waals surface area contributed by atoms with Crippen molar-refractivity contribution >= 4 is 5.91 Å². The van der Waals surface area contributed by atoms with Gasteiger partial charge in [-0.1, -0.05) is 6.07 Å². The monoisotopic (exact) mass is 363 g/mol. The van der Waals surface area contributed by atoms with Gasteiger partial charge in [0.05, 0.1) is 5.69 Å². The van der Waals surface area contributed by atoms with Gasteiger partial charge < -0.3 is 5.32 Å². The number of likely N-dealkylation sites (tertiary alicyclic amines) is 1. The summed E-state index contributed by atoms with van der Waals surface area (Å²) in [6.07, 6.45) is 7.06. The molecule has 4 rings (SSSR count). The molecule has 3 heterocycles. The molecular formula is C19H21N7O. The Balaban J connectivity index is 1.31. The molecule has 8 heteroatoms. The first-order valence-corrected chi connectivity index (χ1v) is 9.03. The predicted octanol–water partition coefficient (Wildman–Crippen LogP) is 1.45. The third-order valence-electron chi connectivity index (χ3n) is 4.80. The van der Waals surface area contributed by atoms with E-state index in [1.165, 1.54) is 16.6 Å². The molecule has 0 spiro atoms. The second-order valence-electron chi connectivity index (χ2n) is 6.68. The molecule has 1 amide bonds. The number of piperidine rings is 1. The van der Waals surface area contributed by atoms with E-state index in [-0.39, 0.29) is 11.9 Å². The molecule has 0 saturated carbocycles. The molecule has 2 aromatic heterocycles. The number of carbonyl (C=O) groups excluding carboxylic acids is 1. The third kappa shape index (κ3) is 4.35. The number of nitrogens with zero attached hydrogens (tertiary/aromatic N) is 6. The molecule has 0 radical (unpaired) electrons. The summed E-state index contributed by atoms with van der Waals surface area (Å²) in [6, 6.07) is 11.6. The molecule has 3 aromatic rings. The summed E-state index contributed by atoms with van der Waals surface area (Å²) in [7, 11) is 0. The number of hydrogen-bond donors (Lipinski definition) is 1. The lowest BCUT2D eigenvalue weighted by Gasteiger charge is -2.32. The molecule has 27 heavy (non-hydrogen) atoms. The fourth-order valence-corrected chi connectivity index (χ4v) is 3.32. The molecule has 0 atom stereocenters. The van der Waals surface area contributed by atoms with Crippen molar-refractivity contribution in [2.75, 3.05) is 13.1 Å². The number of hydrogen-bond acceptors (Lipinski definition) is 6. The normalized spacial score (nSPS) is 15.6. The van der Waals surface area contributed by atoms with Crippen LogP contribution in [0.1, 0.15) is 28.8 Å². The number of pyridine rings is 1. The van der Waals surface area contributed by atoms with Crippen LogP contribution in [0.2, 0.25) is 0 Å². The largest absolute Gasteiger partial charge is 0.349 e. The molecule has 138 valence electrons. The molecule has 1 fully saturated rings. The van der Waals surface area contributed by atoms with Crippen LogP contribution in [0.4, 0.5) is 0 Å². The van der Waals surface area contributed by atoms with E-state index >= 15 is 0 Å². The Hall–Kier alpha value is -3.13. The van der Waals surface area contributed by atoms with Gasteiger partial charge in [-0.05, 0) is 59.2 Å². The SMILES string of the molecule is O=C(NC1CCN(Cc2ccncc2)CC1)c1cccc(-n2cnnn2)c1. The van der Waals surface area contributed by atoms with Crippen molar-refractivity contribution in [1.82, 2.24) is 35.4 Å². The molecule has 1 saturated heterocycles. The van der Waals surface area contributed by atoms with Gasteiger partial charge in [-0.15, -0.1) is 5.10 Å². The summed E-state index contributed by atoms with van der Waals surface area (Å²) < 4.78 is 1.54. The van der Waals surface area contributed by atoms with Gasteiger partial charge in [-0.3, -0.25) is 14.7 Å². The molecule has 8 nitrogen and oxygen atoms in total. The lowest BCUT2D eigenvalue weighted by molar-refractivity contribution is 0.0909. The van der Waals surface area contributed by atoms with Crippen LogP contribution in [-0.4, -0.2) is 55.1 Å². The Bertz CT molecular complexity index is 874. The molecular weight excluding hydrogens is 342 g/mol. The Labute approximate surface area is 157 Å². The maximum atomic E-state index is 12.6. The number of aromatic nitrogens is 5. The van der Waals surface area contributed by atoms with Gasteiger partial charge in [0.15, 0.2) is 0 Å². The van der Waals surface area contributed by atoms with E-state index in [4.69, 9.17) is 0 Å². The third-order valence-corrected chi connectivity index (χ3v) is 4.80. The summed E-state index contributed by atoms with van der Waals surface area (Å²) in [5.41, 5.74) is 2.65. The highest BCUT2D eigenvalue weighted by Crippen LogP contribution is 2.15. The van der Waals surface area contributed by atoms with Crippen LogP contribution in [-0.2, 0) is 6.54 Å². The summed E-state index contributed by atoms with van der Waals surface area (Å²) in [4.78, 5) is 19.1. The van der Waals surface area contributed by atoms with Crippen molar-refractivity contribution in [2.45, 2.75) is 25.4 Å². The van der Waals surface area contributed by atoms with E-state index in [2.05, 4.69) is 30.7 Å². The van der Waals surface area contributed by atoms with Crippen LogP contribution >= 0.6 is 0 Å². The van der Waals surface area contributed by atoms with E-state index in [1.54, 1.807) is 6.07 Å². The van der Waals surface area contributed by atoms with E-state index in [1.807, 2.05) is 42.7 Å². The second-order valence-corrected chi connectivity index (χ2v) is 6.68. The van der Waals surface area contributed by atoms with Crippen molar-refractivity contribution in [3.63, 3.8) is 0 Å². The minimum absolute atomic E-state index is 0.0579. The summed E-state index contributed by atoms with van der Waals surface area (Å²) in [5.74, 6) is -0.0579. The zero-order valence-corrected chi connectivity index (χ0v) is 14.9. The fourth-order valence-electron chi connectivity index (χ4n) is 3.32. The molecule has 1 aliphatic heterocycles. The number of rotatable bonds is 5. The van der Waals surface area contributed by atoms with Gasteiger partial charge in [-0.2, -0.15) is 0 Å². The Kier molecular flexibility index (Phi) is 5.15. The minimum Gasteiger partial charge on any atom is -0.349 e. The van der Waals surface area contributed by atoms with Crippen LogP contribution in [0, 0.1) is 0 Å². The van der Waals surface area contributed by atoms with Gasteiger partial charge >= 0.3 is 0 Å². The zero-order chi connectivity index (χ0) is 18.5. The highest BCUT2D eigenvalue weighted by molar-refractivity contribution is 5.94. The van der Waals surface area contributed by atoms with Crippen LogP contribution in [0.3, 0.4) is 0 Å². The van der Waals surface area contributed by atoms with Crippen molar-refractivity contribution in [3.05, 3.63) is 66.2 Å². The average Bonchev–Trinajstić information content (AvgIpc) is 3.25. The molecule has 0 unspecified atom stereocenters. The zero-order valence-electron chi connectivity index (χ0n) is 14.9. The maximum Gasteiger partial charge on any atom is 0.251 e. The molecule has 0 aliphatic carbocycles. The number of tetrazole rings is 1. The Morgan fingerprint density at radius 3 is 2.70 bits per heavy atom. The number of nitrogens with one attached hydrogen (secondary N) is 1. The first-order valence-electron chi connectivity index (χ1n) is 9.03. The van der Waals surface area contributed by atoms with Gasteiger partial charge in [0.1, 0.15) is 6.33 Å². The summed E-state index contributed by atoms with van der Waals surface area (Å²) in [5, 5.41) is 14.3. The van der Waals surface area contributed by atoms with Gasteiger partial charge in [0.25, 0.3) is 5.91 Å². The Morgan fingerprint density at radius 2 is 1.96 bits per heavy atom. The number of carbonyl (C=O) groups is 1. The molecule has 1 aliphatic rings. The van der Waals surface area contributed by atoms with Crippen LogP contribution < -0.4 is 5.32 Å². The number of amides is 1. The highest BCUT2D eigenvalue weighted by Gasteiger charge is 2.21. The summed E-state index contributed by atoms with van der Waals surface area (Å²) in [6.45, 7) is 2.87. The van der Waals surface area contributed by atoms with Gasteiger partial charge in [0.2, 0.25) is 0 Å². The predicted molar refractivity (Wildman–Crippen MR) is 99.2 cm³/mol. The molecule has 1 aromatic carbocycles. The standard InChI is InChI=1S/C19H21N7O/c27-19(16-2-1-3-18(12-16)26-14-21-23-24-26)22-17-6-10-25(11-7-17)13-15-4-8-20-9-5-15/h1-5,8-9,12,14,17H,6-7,10-11,13H2,(H,22,27). The average molecular weight is 363 g/mol. The smallest absolute Gasteiger partial charge is 0.251 e. The second kappa shape index (κ2) is 8.05. The molecule has 0 bridgehead atoms. The molecule has 1 N–H and O–H groups in total. The van der Waals surface area contributed by atoms with Gasteiger partial charge in [-0.25, -0.2) is 4.68 Å². The van der Waals surface area contributed by atoms with E-state index in [0.29, 0.717) is 5.56 Å². The van der Waals surface area contributed by atoms with Gasteiger partial charge in [0, 0.05) is 43.6 Å². The van der Waals surface area contributed by atoms with Crippen LogP contribution in [0.25, 0.3) is 5.69 Å². The topological polar surface area (TPSA) is 88.8 Å². The van der Waals surface area contributed by atoms with Crippen molar-refractivity contribution < 1.29 is 4.79 Å². The van der Waals surface area contributed by atoms with E-state index < -0.39 is 0 Å². The fraction of sp³-hybridized carbons (Fsp3) is 0.316. The lowest BCUT2D eigenvalue weighted by atomic mass is 10.0. The van der Waals surface area contributed by atoms with Crippen molar-refractivity contribution in [3.8, 4) is 5.69 Å². The first-order chi connectivity index (χ1) is 13.3. The lowest BCUT2D eigenvalue weighted by Crippen LogP contribution is -2.44. The van der Waals surface area contributed by atoms with E-state index in [9.17, 15) is 4.79 Å². The van der Waals surface area contributed by atoms with Crippen molar-refractivity contribution in [2.24, 2.45) is 0 Å². The maximum absolute atomic E-state index is 12.6. The Morgan fingerprint density at radius 1 is 1.15 bits per heavy atom. The van der Waals surface area contributed by atoms with Crippen LogP contribution in [0.15, 0.2) is 55.1 Å². The van der Waals surface area contributed by atoms with Crippen molar-refractivity contribution in [1.29, 1.82) is 0 Å². The number of benzene rings is 1. The first kappa shape index (κ1) is 17.3. The highest BCUT2D eigenvalue weighted by atomic mass is 16.1. The van der Waals surface area contributed by atoms with E-state index in [0.717, 1.165) is 38.2 Å². The quantitative estimate of drug-likeness (QED) is 0.738. The summed E-state index contributed by atoms with van der Waals surface area (Å²) >= 11 is 0. The minimum atomic E-state index is -0.0579.